The summed E-state index contributed by atoms with van der Waals surface area (Å²) in [7, 11) is 0. The quantitative estimate of drug-likeness (QED) is 0.236. The number of fused-ring (bicyclic) bond motifs is 1. The molecule has 0 aromatic heterocycles. The molecule has 1 aliphatic carbocycles. The van der Waals surface area contributed by atoms with E-state index in [2.05, 4.69) is 31.9 Å². The molecule has 1 saturated heterocycles. The van der Waals surface area contributed by atoms with Crippen LogP contribution in [0.5, 0.6) is 0 Å². The predicted molar refractivity (Wildman–Crippen MR) is 123 cm³/mol. The molecule has 10 heteroatoms. The summed E-state index contributed by atoms with van der Waals surface area (Å²) in [5, 5.41) is 13.5. The van der Waals surface area contributed by atoms with Gasteiger partial charge in [-0.2, -0.15) is 5.01 Å². The van der Waals surface area contributed by atoms with Gasteiger partial charge >= 0.3 is 0 Å². The lowest BCUT2D eigenvalue weighted by atomic mass is 9.81. The minimum absolute atomic E-state index is 0.0222. The van der Waals surface area contributed by atoms with E-state index >= 15 is 0 Å². The van der Waals surface area contributed by atoms with Crippen LogP contribution in [0.1, 0.15) is 28.8 Å². The molecule has 1 aliphatic heterocycles. The van der Waals surface area contributed by atoms with Gasteiger partial charge in [0.25, 0.3) is 23.4 Å². The molecule has 4 atom stereocenters. The highest BCUT2D eigenvalue weighted by Crippen LogP contribution is 2.44. The number of para-hydroxylation sites is 1. The summed E-state index contributed by atoms with van der Waals surface area (Å²) in [6.45, 7) is -0.0713. The molecule has 3 amide bonds. The van der Waals surface area contributed by atoms with Crippen LogP contribution >= 0.6 is 31.9 Å². The van der Waals surface area contributed by atoms with Gasteiger partial charge in [-0.3, -0.25) is 24.5 Å². The molecule has 166 valence electrons. The number of nitrogens with zero attached hydrogens (tertiary/aromatic N) is 3. The van der Waals surface area contributed by atoms with E-state index in [9.17, 15) is 24.5 Å². The molecule has 32 heavy (non-hydrogen) atoms. The van der Waals surface area contributed by atoms with Crippen molar-refractivity contribution in [2.45, 2.75) is 29.0 Å². The lowest BCUT2D eigenvalue weighted by molar-refractivity contribution is -0.385. The third-order valence-electron chi connectivity index (χ3n) is 5.87. The first kappa shape index (κ1) is 22.6. The third kappa shape index (κ3) is 4.09. The summed E-state index contributed by atoms with van der Waals surface area (Å²) in [6.07, 6.45) is 0.918. The lowest BCUT2D eigenvalue weighted by Gasteiger charge is -2.30. The van der Waals surface area contributed by atoms with Gasteiger partial charge in [0.05, 0.1) is 23.3 Å². The van der Waals surface area contributed by atoms with E-state index in [4.69, 9.17) is 0 Å². The van der Waals surface area contributed by atoms with Gasteiger partial charge in [0, 0.05) is 15.7 Å². The zero-order valence-corrected chi connectivity index (χ0v) is 19.9. The number of benzene rings is 2. The van der Waals surface area contributed by atoms with Crippen LogP contribution in [-0.2, 0) is 16.1 Å². The zero-order valence-electron chi connectivity index (χ0n) is 16.8. The highest BCUT2D eigenvalue weighted by molar-refractivity contribution is 9.12. The minimum Gasteiger partial charge on any atom is -0.272 e. The highest BCUT2D eigenvalue weighted by Gasteiger charge is 2.54. The Bertz CT molecular complexity index is 1050. The van der Waals surface area contributed by atoms with Gasteiger partial charge in [0.1, 0.15) is 5.56 Å². The number of amides is 3. The lowest BCUT2D eigenvalue weighted by Crippen LogP contribution is -2.50. The molecule has 1 saturated carbocycles. The van der Waals surface area contributed by atoms with E-state index < -0.39 is 34.5 Å². The molecule has 2 aromatic carbocycles. The summed E-state index contributed by atoms with van der Waals surface area (Å²) in [4.78, 5) is 51.1. The van der Waals surface area contributed by atoms with E-state index in [1.54, 1.807) is 24.3 Å². The van der Waals surface area contributed by atoms with Crippen molar-refractivity contribution < 1.29 is 19.3 Å². The number of carbonyl (C=O) groups is 3. The van der Waals surface area contributed by atoms with Gasteiger partial charge in [0.15, 0.2) is 0 Å². The van der Waals surface area contributed by atoms with Crippen LogP contribution in [0.25, 0.3) is 0 Å². The van der Waals surface area contributed by atoms with Crippen molar-refractivity contribution in [2.75, 3.05) is 0 Å². The Hall–Kier alpha value is -2.59. The normalized spacial score (nSPS) is 24.9. The molecule has 0 spiro atoms. The van der Waals surface area contributed by atoms with Crippen molar-refractivity contribution in [3.63, 3.8) is 0 Å². The fourth-order valence-corrected chi connectivity index (χ4v) is 5.50. The maximum absolute atomic E-state index is 13.5. The molecule has 1 heterocycles. The average molecular weight is 565 g/mol. The van der Waals surface area contributed by atoms with E-state index in [0.29, 0.717) is 18.4 Å². The predicted octanol–water partition coefficient (Wildman–Crippen LogP) is 4.07. The Balaban J connectivity index is 1.75. The van der Waals surface area contributed by atoms with Crippen molar-refractivity contribution in [3.8, 4) is 0 Å². The van der Waals surface area contributed by atoms with Crippen LogP contribution < -0.4 is 0 Å². The Morgan fingerprint density at radius 1 is 0.969 bits per heavy atom. The second-order valence-corrected chi connectivity index (χ2v) is 10.2. The van der Waals surface area contributed by atoms with Crippen LogP contribution in [0.2, 0.25) is 0 Å². The zero-order chi connectivity index (χ0) is 23.0. The summed E-state index contributed by atoms with van der Waals surface area (Å²) in [5.74, 6) is -2.76. The first-order valence-corrected chi connectivity index (χ1v) is 11.9. The highest BCUT2D eigenvalue weighted by atomic mass is 79.9. The van der Waals surface area contributed by atoms with Gasteiger partial charge in [-0.15, -0.1) is 0 Å². The second kappa shape index (κ2) is 9.11. The van der Waals surface area contributed by atoms with Crippen molar-refractivity contribution in [2.24, 2.45) is 11.8 Å². The van der Waals surface area contributed by atoms with Crippen LogP contribution in [0, 0.1) is 22.0 Å². The largest absolute Gasteiger partial charge is 0.282 e. The fraction of sp³-hybridized carbons (Fsp3) is 0.318. The number of alkyl halides is 2. The molecular formula is C22H19Br2N3O5. The standard InChI is InChI=1S/C22H19Br2N3O5/c23-17-10-15-16(11-18(17)24)22(30)26(21(15)29)25(12-13-6-2-1-3-7-13)20(28)14-8-4-5-9-19(14)27(31)32/h1-9,15-18H,10-12H2/t15-,16-,17+,18+/m1/s1. The smallest absolute Gasteiger partial charge is 0.272 e. The molecule has 2 aliphatic rings. The number of halogens is 2. The summed E-state index contributed by atoms with van der Waals surface area (Å²) < 4.78 is 0. The number of rotatable bonds is 5. The van der Waals surface area contributed by atoms with E-state index in [1.807, 2.05) is 6.07 Å². The Morgan fingerprint density at radius 3 is 2.06 bits per heavy atom. The molecule has 8 nitrogen and oxygen atoms in total. The topological polar surface area (TPSA) is 101 Å². The SMILES string of the molecule is O=C(c1ccccc1[N+](=O)[O-])N(Cc1ccccc1)N1C(=O)[C@@H]2C[C@H](Br)[C@@H](Br)C[C@H]2C1=O. The van der Waals surface area contributed by atoms with Gasteiger partial charge in [-0.05, 0) is 24.5 Å². The molecule has 0 radical (unpaired) electrons. The molecule has 2 aromatic rings. The van der Waals surface area contributed by atoms with E-state index in [1.165, 1.54) is 24.3 Å². The molecule has 4 rings (SSSR count). The third-order valence-corrected chi connectivity index (χ3v) is 8.60. The van der Waals surface area contributed by atoms with Gasteiger partial charge in [0.2, 0.25) is 0 Å². The summed E-state index contributed by atoms with van der Waals surface area (Å²) >= 11 is 7.11. The maximum Gasteiger partial charge on any atom is 0.282 e. The summed E-state index contributed by atoms with van der Waals surface area (Å²) in [6, 6.07) is 14.4. The second-order valence-electron chi connectivity index (χ2n) is 7.83. The Kier molecular flexibility index (Phi) is 6.43. The van der Waals surface area contributed by atoms with Crippen molar-refractivity contribution in [1.29, 1.82) is 0 Å². The van der Waals surface area contributed by atoms with E-state index in [-0.39, 0.29) is 27.4 Å². The number of imide groups is 1. The molecule has 0 unspecified atom stereocenters. The number of hydrazine groups is 1. The van der Waals surface area contributed by atoms with Gasteiger partial charge in [-0.1, -0.05) is 74.3 Å². The minimum atomic E-state index is -0.771. The Labute approximate surface area is 200 Å². The monoisotopic (exact) mass is 563 g/mol. The van der Waals surface area contributed by atoms with Crippen LogP contribution in [0.15, 0.2) is 54.6 Å². The molecule has 0 N–H and O–H groups in total. The van der Waals surface area contributed by atoms with Crippen molar-refractivity contribution in [1.82, 2.24) is 10.0 Å². The number of hydrogen-bond acceptors (Lipinski definition) is 5. The summed E-state index contributed by atoms with van der Waals surface area (Å²) in [5.41, 5.74) is 0.125. The Morgan fingerprint density at radius 2 is 1.50 bits per heavy atom. The first-order chi connectivity index (χ1) is 15.3. The van der Waals surface area contributed by atoms with Crippen molar-refractivity contribution in [3.05, 3.63) is 75.8 Å². The van der Waals surface area contributed by atoms with Crippen LogP contribution in [0.4, 0.5) is 5.69 Å². The average Bonchev–Trinajstić information content (AvgIpc) is 3.02. The van der Waals surface area contributed by atoms with Crippen LogP contribution in [-0.4, -0.2) is 42.3 Å². The van der Waals surface area contributed by atoms with Crippen molar-refractivity contribution >= 4 is 55.3 Å². The van der Waals surface area contributed by atoms with Crippen LogP contribution in [0.3, 0.4) is 0 Å². The van der Waals surface area contributed by atoms with E-state index in [0.717, 1.165) is 10.0 Å². The first-order valence-electron chi connectivity index (χ1n) is 10.0. The fourth-order valence-electron chi connectivity index (χ4n) is 4.26. The molecular weight excluding hydrogens is 546 g/mol. The van der Waals surface area contributed by atoms with Gasteiger partial charge < -0.3 is 0 Å². The number of carbonyl (C=O) groups excluding carboxylic acids is 3. The maximum atomic E-state index is 13.5. The molecule has 2 fully saturated rings. The number of nitro groups is 1. The molecule has 0 bridgehead atoms. The van der Waals surface area contributed by atoms with Gasteiger partial charge in [-0.25, -0.2) is 5.01 Å². The number of hydrogen-bond donors (Lipinski definition) is 0. The number of nitro benzene ring substituents is 1.